The maximum Gasteiger partial charge on any atom is 0.336 e. The van der Waals surface area contributed by atoms with E-state index >= 15 is 0 Å². The van der Waals surface area contributed by atoms with Crippen LogP contribution in [0.4, 0.5) is 3.89 Å². The zero-order chi connectivity index (χ0) is 10.1. The molecule has 0 fully saturated rings. The second-order valence-corrected chi connectivity index (χ2v) is 4.35. The molecule has 3 nitrogen and oxygen atoms in total. The van der Waals surface area contributed by atoms with Crippen LogP contribution in [0.2, 0.25) is 0 Å². The average Bonchev–Trinajstić information content (AvgIpc) is 2.01. The average molecular weight is 269 g/mol. The molecule has 0 N–H and O–H groups in total. The molecule has 0 aromatic heterocycles. The van der Waals surface area contributed by atoms with Crippen molar-refractivity contribution in [3.8, 4) is 5.75 Å². The van der Waals surface area contributed by atoms with Crippen LogP contribution in [0.1, 0.15) is 0 Å². The molecule has 0 unspecified atom stereocenters. The number of ether oxygens (including phenoxy) is 1. The van der Waals surface area contributed by atoms with Crippen molar-refractivity contribution in [3.05, 3.63) is 22.7 Å². The van der Waals surface area contributed by atoms with E-state index in [-0.39, 0.29) is 10.2 Å². The number of methoxy groups -OCH3 is 1. The van der Waals surface area contributed by atoms with Gasteiger partial charge in [0.15, 0.2) is 4.90 Å². The molecule has 0 radical (unpaired) electrons. The van der Waals surface area contributed by atoms with Gasteiger partial charge in [0.1, 0.15) is 5.75 Å². The Bertz CT molecular complexity index is 416. The lowest BCUT2D eigenvalue weighted by atomic mass is 10.3. The Hall–Kier alpha value is -0.620. The van der Waals surface area contributed by atoms with E-state index in [1.807, 2.05) is 0 Å². The summed E-state index contributed by atoms with van der Waals surface area (Å²) in [5.41, 5.74) is 0. The minimum atomic E-state index is -4.75. The molecule has 0 amide bonds. The van der Waals surface area contributed by atoms with Crippen molar-refractivity contribution in [1.82, 2.24) is 0 Å². The van der Waals surface area contributed by atoms with Gasteiger partial charge in [-0.2, -0.15) is 8.42 Å². The van der Waals surface area contributed by atoms with E-state index < -0.39 is 15.1 Å². The first-order valence-electron chi connectivity index (χ1n) is 3.24. The Morgan fingerprint density at radius 2 is 2.08 bits per heavy atom. The van der Waals surface area contributed by atoms with Crippen LogP contribution in [0.3, 0.4) is 0 Å². The van der Waals surface area contributed by atoms with E-state index in [1.165, 1.54) is 19.2 Å². The van der Waals surface area contributed by atoms with Crippen molar-refractivity contribution in [2.45, 2.75) is 4.90 Å². The van der Waals surface area contributed by atoms with Gasteiger partial charge in [-0.3, -0.25) is 0 Å². The summed E-state index contributed by atoms with van der Waals surface area (Å²) < 4.78 is 38.9. The van der Waals surface area contributed by atoms with Gasteiger partial charge in [-0.1, -0.05) is 6.07 Å². The number of rotatable bonds is 2. The molecule has 1 aromatic rings. The van der Waals surface area contributed by atoms with Crippen LogP contribution in [-0.2, 0) is 10.2 Å². The number of benzene rings is 1. The SMILES string of the molecule is COc1cccc(Br)c1S(=O)(=O)F. The second kappa shape index (κ2) is 3.63. The molecule has 0 heterocycles. The molecule has 0 saturated heterocycles. The highest BCUT2D eigenvalue weighted by Crippen LogP contribution is 2.32. The minimum absolute atomic E-state index is 0.0168. The predicted molar refractivity (Wildman–Crippen MR) is 49.0 cm³/mol. The minimum Gasteiger partial charge on any atom is -0.495 e. The maximum atomic E-state index is 12.7. The maximum absolute atomic E-state index is 12.7. The van der Waals surface area contributed by atoms with Crippen molar-refractivity contribution in [1.29, 1.82) is 0 Å². The fourth-order valence-electron chi connectivity index (χ4n) is 0.886. The molecule has 72 valence electrons. The Labute approximate surface area is 83.9 Å². The summed E-state index contributed by atoms with van der Waals surface area (Å²) in [6.07, 6.45) is 0. The van der Waals surface area contributed by atoms with E-state index in [0.29, 0.717) is 0 Å². The summed E-state index contributed by atoms with van der Waals surface area (Å²) in [6, 6.07) is 4.35. The van der Waals surface area contributed by atoms with Crippen LogP contribution >= 0.6 is 15.9 Å². The molecule has 0 bridgehead atoms. The first-order chi connectivity index (χ1) is 5.96. The van der Waals surface area contributed by atoms with Gasteiger partial charge in [0, 0.05) is 4.47 Å². The molecule has 0 atom stereocenters. The summed E-state index contributed by atoms with van der Waals surface area (Å²) in [5.74, 6) is -0.0168. The van der Waals surface area contributed by atoms with Crippen molar-refractivity contribution >= 4 is 26.2 Å². The van der Waals surface area contributed by atoms with Crippen LogP contribution in [0.25, 0.3) is 0 Å². The van der Waals surface area contributed by atoms with Crippen molar-refractivity contribution in [2.24, 2.45) is 0 Å². The number of halogens is 2. The van der Waals surface area contributed by atoms with Crippen LogP contribution in [-0.4, -0.2) is 15.5 Å². The lowest BCUT2D eigenvalue weighted by Crippen LogP contribution is -1.97. The first-order valence-corrected chi connectivity index (χ1v) is 5.41. The lowest BCUT2D eigenvalue weighted by molar-refractivity contribution is 0.400. The first kappa shape index (κ1) is 10.5. The van der Waals surface area contributed by atoms with E-state index in [9.17, 15) is 12.3 Å². The van der Waals surface area contributed by atoms with Gasteiger partial charge in [-0.25, -0.2) is 0 Å². The molecule has 0 aliphatic carbocycles. The van der Waals surface area contributed by atoms with E-state index in [0.717, 1.165) is 0 Å². The molecule has 1 rings (SSSR count). The highest BCUT2D eigenvalue weighted by Gasteiger charge is 2.21. The zero-order valence-electron chi connectivity index (χ0n) is 6.62. The molecule has 6 heteroatoms. The summed E-state index contributed by atoms with van der Waals surface area (Å²) in [4.78, 5) is -0.475. The Morgan fingerprint density at radius 3 is 2.46 bits per heavy atom. The summed E-state index contributed by atoms with van der Waals surface area (Å²) >= 11 is 2.92. The van der Waals surface area contributed by atoms with Crippen molar-refractivity contribution < 1.29 is 17.0 Å². The number of hydrogen-bond acceptors (Lipinski definition) is 3. The Balaban J connectivity index is 3.50. The largest absolute Gasteiger partial charge is 0.495 e. The molecular weight excluding hydrogens is 263 g/mol. The quantitative estimate of drug-likeness (QED) is 0.772. The lowest BCUT2D eigenvalue weighted by Gasteiger charge is -2.05. The summed E-state index contributed by atoms with van der Waals surface area (Å²) in [5, 5.41) is 0. The molecule has 13 heavy (non-hydrogen) atoms. The Kier molecular flexibility index (Phi) is 2.92. The predicted octanol–water partition coefficient (Wildman–Crippen LogP) is 2.12. The molecule has 0 aliphatic heterocycles. The standard InChI is InChI=1S/C7H6BrFO3S/c1-12-6-4-2-3-5(8)7(6)13(9,10)11/h2-4H,1H3. The fraction of sp³-hybridized carbons (Fsp3) is 0.143. The van der Waals surface area contributed by atoms with Crippen LogP contribution in [0.5, 0.6) is 5.75 Å². The van der Waals surface area contributed by atoms with Gasteiger partial charge in [0.25, 0.3) is 0 Å². The summed E-state index contributed by atoms with van der Waals surface area (Å²) in [6.45, 7) is 0. The van der Waals surface area contributed by atoms with Crippen molar-refractivity contribution in [3.63, 3.8) is 0 Å². The van der Waals surface area contributed by atoms with Gasteiger partial charge in [0.2, 0.25) is 0 Å². The van der Waals surface area contributed by atoms with Crippen LogP contribution in [0, 0.1) is 0 Å². The fourth-order valence-corrected chi connectivity index (χ4v) is 2.51. The van der Waals surface area contributed by atoms with Gasteiger partial charge in [-0.15, -0.1) is 3.89 Å². The van der Waals surface area contributed by atoms with Gasteiger partial charge >= 0.3 is 10.2 Å². The smallest absolute Gasteiger partial charge is 0.336 e. The van der Waals surface area contributed by atoms with Crippen molar-refractivity contribution in [2.75, 3.05) is 7.11 Å². The summed E-state index contributed by atoms with van der Waals surface area (Å²) in [7, 11) is -3.47. The zero-order valence-corrected chi connectivity index (χ0v) is 9.02. The van der Waals surface area contributed by atoms with E-state index in [1.54, 1.807) is 6.07 Å². The molecule has 0 aliphatic rings. The Morgan fingerprint density at radius 1 is 1.46 bits per heavy atom. The molecular formula is C7H6BrFO3S. The number of hydrogen-bond donors (Lipinski definition) is 0. The van der Waals surface area contributed by atoms with Gasteiger partial charge < -0.3 is 4.74 Å². The highest BCUT2D eigenvalue weighted by molar-refractivity contribution is 9.10. The van der Waals surface area contributed by atoms with E-state index in [2.05, 4.69) is 15.9 Å². The van der Waals surface area contributed by atoms with Gasteiger partial charge in [0.05, 0.1) is 7.11 Å². The highest BCUT2D eigenvalue weighted by atomic mass is 79.9. The third-order valence-corrected chi connectivity index (χ3v) is 3.23. The van der Waals surface area contributed by atoms with Crippen LogP contribution in [0.15, 0.2) is 27.6 Å². The van der Waals surface area contributed by atoms with E-state index in [4.69, 9.17) is 4.74 Å². The second-order valence-electron chi connectivity index (χ2n) is 2.21. The van der Waals surface area contributed by atoms with Gasteiger partial charge in [-0.05, 0) is 28.1 Å². The van der Waals surface area contributed by atoms with Crippen LogP contribution < -0.4 is 4.74 Å². The third kappa shape index (κ3) is 2.19. The molecule has 0 saturated carbocycles. The topological polar surface area (TPSA) is 43.4 Å². The molecule has 1 aromatic carbocycles. The monoisotopic (exact) mass is 268 g/mol. The molecule has 0 spiro atoms. The normalized spacial score (nSPS) is 11.3. The third-order valence-electron chi connectivity index (χ3n) is 1.39.